The second kappa shape index (κ2) is 5.88. The van der Waals surface area contributed by atoms with Crippen LogP contribution in [0.2, 0.25) is 0 Å². The van der Waals surface area contributed by atoms with Gasteiger partial charge in [-0.25, -0.2) is 4.39 Å². The molecule has 0 saturated heterocycles. The Morgan fingerprint density at radius 3 is 2.10 bits per heavy atom. The molecule has 0 radical (unpaired) electrons. The highest BCUT2D eigenvalue weighted by molar-refractivity contribution is 6.05. The molecule has 0 aliphatic rings. The van der Waals surface area contributed by atoms with Gasteiger partial charge in [0.2, 0.25) is 0 Å². The van der Waals surface area contributed by atoms with Gasteiger partial charge in [0, 0.05) is 5.56 Å². The third-order valence-corrected chi connectivity index (χ3v) is 3.52. The van der Waals surface area contributed by atoms with Crippen LogP contribution in [0.3, 0.4) is 0 Å². The molecule has 0 fully saturated rings. The Labute approximate surface area is 123 Å². The molecule has 1 unspecified atom stereocenters. The third kappa shape index (κ3) is 3.00. The van der Waals surface area contributed by atoms with Gasteiger partial charge < -0.3 is 0 Å². The summed E-state index contributed by atoms with van der Waals surface area (Å²) >= 11 is 0. The summed E-state index contributed by atoms with van der Waals surface area (Å²) in [5.74, 6) is -1.53. The van der Waals surface area contributed by atoms with Gasteiger partial charge in [-0.3, -0.25) is 4.79 Å². The number of nitrogens with zero attached hydrogens (tertiary/aromatic N) is 1. The van der Waals surface area contributed by atoms with Crippen LogP contribution >= 0.6 is 0 Å². The van der Waals surface area contributed by atoms with Gasteiger partial charge in [0.25, 0.3) is 0 Å². The Kier molecular flexibility index (Phi) is 4.18. The predicted octanol–water partition coefficient (Wildman–Crippen LogP) is 4.24. The van der Waals surface area contributed by atoms with Gasteiger partial charge in [-0.05, 0) is 49.6 Å². The van der Waals surface area contributed by atoms with E-state index in [2.05, 4.69) is 0 Å². The van der Waals surface area contributed by atoms with E-state index in [-0.39, 0.29) is 11.6 Å². The van der Waals surface area contributed by atoms with Crippen molar-refractivity contribution in [1.29, 1.82) is 5.26 Å². The molecule has 21 heavy (non-hydrogen) atoms. The Bertz CT molecular complexity index is 703. The molecule has 0 heterocycles. The molecule has 0 aliphatic heterocycles. The van der Waals surface area contributed by atoms with Crippen molar-refractivity contribution in [3.05, 3.63) is 70.0 Å². The average molecular weight is 281 g/mol. The number of hydrogen-bond donors (Lipinski definition) is 0. The first-order valence-electron chi connectivity index (χ1n) is 6.71. The lowest BCUT2D eigenvalue weighted by Crippen LogP contribution is -2.14. The van der Waals surface area contributed by atoms with Gasteiger partial charge in [-0.15, -0.1) is 0 Å². The lowest BCUT2D eigenvalue weighted by molar-refractivity contribution is 0.0977. The van der Waals surface area contributed by atoms with Crippen molar-refractivity contribution in [3.8, 4) is 6.07 Å². The summed E-state index contributed by atoms with van der Waals surface area (Å²) in [5.41, 5.74) is 3.90. The Morgan fingerprint density at radius 2 is 1.62 bits per heavy atom. The van der Waals surface area contributed by atoms with Crippen LogP contribution < -0.4 is 0 Å². The molecule has 0 spiro atoms. The van der Waals surface area contributed by atoms with Crippen molar-refractivity contribution in [2.75, 3.05) is 0 Å². The van der Waals surface area contributed by atoms with Gasteiger partial charge in [0.1, 0.15) is 11.7 Å². The summed E-state index contributed by atoms with van der Waals surface area (Å²) in [7, 11) is 0. The van der Waals surface area contributed by atoms with Gasteiger partial charge in [0.05, 0.1) is 6.07 Å². The van der Waals surface area contributed by atoms with Gasteiger partial charge in [-0.2, -0.15) is 5.26 Å². The molecule has 2 nitrogen and oxygen atoms in total. The molecule has 3 heteroatoms. The SMILES string of the molecule is Cc1cc(C)c(C(=O)C(C#N)c2ccc(F)cc2)c(C)c1. The highest BCUT2D eigenvalue weighted by Gasteiger charge is 2.24. The van der Waals surface area contributed by atoms with E-state index in [1.54, 1.807) is 0 Å². The molecule has 0 N–H and O–H groups in total. The molecule has 0 amide bonds. The van der Waals surface area contributed by atoms with Crippen LogP contribution in [0.1, 0.15) is 38.5 Å². The number of aryl methyl sites for hydroxylation is 3. The molecule has 0 saturated carbocycles. The van der Waals surface area contributed by atoms with E-state index in [9.17, 15) is 14.4 Å². The Morgan fingerprint density at radius 1 is 1.10 bits per heavy atom. The van der Waals surface area contributed by atoms with Crippen molar-refractivity contribution in [2.45, 2.75) is 26.7 Å². The zero-order chi connectivity index (χ0) is 15.6. The van der Waals surface area contributed by atoms with E-state index in [1.807, 2.05) is 39.0 Å². The largest absolute Gasteiger partial charge is 0.292 e. The lowest BCUT2D eigenvalue weighted by atomic mass is 9.87. The lowest BCUT2D eigenvalue weighted by Gasteiger charge is -2.14. The normalized spacial score (nSPS) is 11.8. The molecule has 106 valence electrons. The van der Waals surface area contributed by atoms with Crippen LogP contribution in [0, 0.1) is 37.9 Å². The van der Waals surface area contributed by atoms with E-state index in [1.165, 1.54) is 24.3 Å². The van der Waals surface area contributed by atoms with Crippen LogP contribution in [-0.4, -0.2) is 5.78 Å². The zero-order valence-electron chi connectivity index (χ0n) is 12.3. The van der Waals surface area contributed by atoms with Crippen LogP contribution in [-0.2, 0) is 0 Å². The number of halogens is 1. The molecule has 0 aliphatic carbocycles. The fourth-order valence-corrected chi connectivity index (χ4v) is 2.65. The molecule has 2 rings (SSSR count). The van der Waals surface area contributed by atoms with E-state index < -0.39 is 5.92 Å². The van der Waals surface area contributed by atoms with Crippen molar-refractivity contribution in [1.82, 2.24) is 0 Å². The maximum atomic E-state index is 13.0. The fourth-order valence-electron chi connectivity index (χ4n) is 2.65. The molecule has 0 aromatic heterocycles. The van der Waals surface area contributed by atoms with Gasteiger partial charge >= 0.3 is 0 Å². The maximum Gasteiger partial charge on any atom is 0.184 e. The van der Waals surface area contributed by atoms with Crippen LogP contribution in [0.4, 0.5) is 4.39 Å². The fraction of sp³-hybridized carbons (Fsp3) is 0.222. The first kappa shape index (κ1) is 14.9. The number of ketones is 1. The summed E-state index contributed by atoms with van der Waals surface area (Å²) < 4.78 is 13.0. The smallest absolute Gasteiger partial charge is 0.184 e. The topological polar surface area (TPSA) is 40.9 Å². The first-order chi connectivity index (χ1) is 9.93. The standard InChI is InChI=1S/C18H16FNO/c1-11-8-12(2)17(13(3)9-11)18(21)16(10-20)14-4-6-15(19)7-5-14/h4-9,16H,1-3H3. The molecule has 2 aromatic carbocycles. The van der Waals surface area contributed by atoms with E-state index in [4.69, 9.17) is 0 Å². The van der Waals surface area contributed by atoms with Crippen molar-refractivity contribution < 1.29 is 9.18 Å². The van der Waals surface area contributed by atoms with Gasteiger partial charge in [-0.1, -0.05) is 29.8 Å². The monoisotopic (exact) mass is 281 g/mol. The van der Waals surface area contributed by atoms with Gasteiger partial charge in [0.15, 0.2) is 5.78 Å². The number of Topliss-reactive ketones (excluding diaryl/α,β-unsaturated/α-hetero) is 1. The summed E-state index contributed by atoms with van der Waals surface area (Å²) in [6, 6.07) is 11.4. The van der Waals surface area contributed by atoms with Crippen LogP contribution in [0.15, 0.2) is 36.4 Å². The Balaban J connectivity index is 2.47. The Hall–Kier alpha value is -2.47. The minimum Gasteiger partial charge on any atom is -0.292 e. The second-order valence-electron chi connectivity index (χ2n) is 5.25. The highest BCUT2D eigenvalue weighted by atomic mass is 19.1. The van der Waals surface area contributed by atoms with Crippen molar-refractivity contribution >= 4 is 5.78 Å². The summed E-state index contributed by atoms with van der Waals surface area (Å²) in [6.07, 6.45) is 0. The number of hydrogen-bond acceptors (Lipinski definition) is 2. The number of benzene rings is 2. The van der Waals surface area contributed by atoms with E-state index >= 15 is 0 Å². The van der Waals surface area contributed by atoms with Crippen LogP contribution in [0.5, 0.6) is 0 Å². The molecular weight excluding hydrogens is 265 g/mol. The molecule has 2 aromatic rings. The molecule has 0 bridgehead atoms. The third-order valence-electron chi connectivity index (χ3n) is 3.52. The molecule has 1 atom stereocenters. The average Bonchev–Trinajstić information content (AvgIpc) is 2.40. The number of nitriles is 1. The number of carbonyl (C=O) groups excluding carboxylic acids is 1. The highest BCUT2D eigenvalue weighted by Crippen LogP contribution is 2.25. The zero-order valence-corrected chi connectivity index (χ0v) is 12.3. The number of carbonyl (C=O) groups is 1. The number of rotatable bonds is 3. The van der Waals surface area contributed by atoms with Crippen molar-refractivity contribution in [2.24, 2.45) is 0 Å². The minimum absolute atomic E-state index is 0.237. The van der Waals surface area contributed by atoms with Crippen molar-refractivity contribution in [3.63, 3.8) is 0 Å². The summed E-state index contributed by atoms with van der Waals surface area (Å²) in [4.78, 5) is 12.7. The maximum absolute atomic E-state index is 13.0. The summed E-state index contributed by atoms with van der Waals surface area (Å²) in [5, 5.41) is 9.35. The van der Waals surface area contributed by atoms with E-state index in [0.29, 0.717) is 11.1 Å². The second-order valence-corrected chi connectivity index (χ2v) is 5.25. The first-order valence-corrected chi connectivity index (χ1v) is 6.71. The summed E-state index contributed by atoms with van der Waals surface area (Å²) in [6.45, 7) is 5.70. The van der Waals surface area contributed by atoms with E-state index in [0.717, 1.165) is 16.7 Å². The molecular formula is C18H16FNO. The predicted molar refractivity (Wildman–Crippen MR) is 79.7 cm³/mol. The van der Waals surface area contributed by atoms with Crippen LogP contribution in [0.25, 0.3) is 0 Å². The minimum atomic E-state index is -0.911. The quantitative estimate of drug-likeness (QED) is 0.789.